The highest BCUT2D eigenvalue weighted by Crippen LogP contribution is 2.18. The van der Waals surface area contributed by atoms with Gasteiger partial charge < -0.3 is 5.73 Å². The molecule has 2 atom stereocenters. The van der Waals surface area contributed by atoms with Crippen LogP contribution in [0.4, 0.5) is 0 Å². The summed E-state index contributed by atoms with van der Waals surface area (Å²) < 4.78 is 12.4. The van der Waals surface area contributed by atoms with Crippen molar-refractivity contribution in [1.82, 2.24) is 0 Å². The molecule has 2 unspecified atom stereocenters. The van der Waals surface area contributed by atoms with E-state index in [1.165, 1.54) is 16.7 Å². The number of benzene rings is 2. The highest BCUT2D eigenvalue weighted by atomic mass is 32.2. The summed E-state index contributed by atoms with van der Waals surface area (Å²) in [5, 5.41) is 0. The van der Waals surface area contributed by atoms with Gasteiger partial charge in [0.25, 0.3) is 0 Å². The zero-order valence-corrected chi connectivity index (χ0v) is 13.0. The Labute approximate surface area is 123 Å². The smallest absolute Gasteiger partial charge is 0.0548 e. The molecule has 0 aromatic heterocycles. The molecule has 0 fully saturated rings. The fourth-order valence-electron chi connectivity index (χ4n) is 2.02. The first-order chi connectivity index (χ1) is 9.47. The van der Waals surface area contributed by atoms with Crippen molar-refractivity contribution in [3.8, 4) is 0 Å². The van der Waals surface area contributed by atoms with E-state index in [0.29, 0.717) is 5.75 Å². The van der Waals surface area contributed by atoms with E-state index in [1.54, 1.807) is 0 Å². The van der Waals surface area contributed by atoms with Gasteiger partial charge in [0.15, 0.2) is 0 Å². The van der Waals surface area contributed by atoms with Crippen LogP contribution < -0.4 is 5.73 Å². The van der Waals surface area contributed by atoms with Crippen LogP contribution >= 0.6 is 0 Å². The predicted molar refractivity (Wildman–Crippen MR) is 85.3 cm³/mol. The molecule has 2 rings (SSSR count). The molecule has 0 aliphatic rings. The molecule has 0 aliphatic carbocycles. The highest BCUT2D eigenvalue weighted by Gasteiger charge is 2.12. The van der Waals surface area contributed by atoms with E-state index in [1.807, 2.05) is 56.3 Å². The summed E-state index contributed by atoms with van der Waals surface area (Å²) >= 11 is 0. The van der Waals surface area contributed by atoms with Crippen LogP contribution in [0, 0.1) is 20.8 Å². The fourth-order valence-corrected chi connectivity index (χ4v) is 3.26. The lowest BCUT2D eigenvalue weighted by Crippen LogP contribution is -2.18. The normalized spacial score (nSPS) is 14.0. The lowest BCUT2D eigenvalue weighted by atomic mass is 10.1. The fraction of sp³-hybridized carbons (Fsp3) is 0.294. The Morgan fingerprint density at radius 2 is 1.65 bits per heavy atom. The van der Waals surface area contributed by atoms with Crippen LogP contribution in [0.25, 0.3) is 0 Å². The average Bonchev–Trinajstić information content (AvgIpc) is 2.42. The maximum atomic E-state index is 12.4. The van der Waals surface area contributed by atoms with Crippen molar-refractivity contribution in [3.63, 3.8) is 0 Å². The molecule has 0 heterocycles. The second kappa shape index (κ2) is 6.33. The number of aryl methyl sites for hydroxylation is 3. The van der Waals surface area contributed by atoms with E-state index >= 15 is 0 Å². The molecule has 106 valence electrons. The molecule has 0 bridgehead atoms. The van der Waals surface area contributed by atoms with Crippen LogP contribution in [0.5, 0.6) is 0 Å². The van der Waals surface area contributed by atoms with Crippen LogP contribution in [0.1, 0.15) is 28.3 Å². The van der Waals surface area contributed by atoms with Crippen LogP contribution in [-0.2, 0) is 10.8 Å². The van der Waals surface area contributed by atoms with Crippen LogP contribution in [0.15, 0.2) is 47.4 Å². The Hall–Kier alpha value is -1.45. The van der Waals surface area contributed by atoms with Crippen LogP contribution in [0.3, 0.4) is 0 Å². The maximum Gasteiger partial charge on any atom is 0.0548 e. The first kappa shape index (κ1) is 14.9. The van der Waals surface area contributed by atoms with Crippen LogP contribution in [0.2, 0.25) is 0 Å². The second-order valence-corrected chi connectivity index (χ2v) is 6.77. The number of hydrogen-bond acceptors (Lipinski definition) is 2. The van der Waals surface area contributed by atoms with E-state index in [0.717, 1.165) is 10.5 Å². The summed E-state index contributed by atoms with van der Waals surface area (Å²) in [6, 6.07) is 13.8. The standard InChI is InChI=1S/C17H21NOS/c1-12-4-7-15(8-5-12)17(18)11-20(19)16-9-6-13(2)14(3)10-16/h4-10,17H,11,18H2,1-3H3. The summed E-state index contributed by atoms with van der Waals surface area (Å²) in [4.78, 5) is 0.857. The number of hydrogen-bond donors (Lipinski definition) is 1. The minimum absolute atomic E-state index is 0.196. The number of nitrogens with two attached hydrogens (primary N) is 1. The minimum Gasteiger partial charge on any atom is -0.323 e. The Kier molecular flexibility index (Phi) is 4.73. The van der Waals surface area contributed by atoms with Crippen LogP contribution in [-0.4, -0.2) is 9.96 Å². The van der Waals surface area contributed by atoms with Crippen molar-refractivity contribution in [2.75, 3.05) is 5.75 Å². The minimum atomic E-state index is -1.06. The molecular formula is C17H21NOS. The third-order valence-corrected chi connectivity index (χ3v) is 5.02. The summed E-state index contributed by atoms with van der Waals surface area (Å²) in [5.41, 5.74) is 10.8. The molecule has 0 saturated heterocycles. The molecular weight excluding hydrogens is 266 g/mol. The zero-order valence-electron chi connectivity index (χ0n) is 12.2. The highest BCUT2D eigenvalue weighted by molar-refractivity contribution is 7.85. The van der Waals surface area contributed by atoms with Crippen molar-refractivity contribution in [2.45, 2.75) is 31.7 Å². The topological polar surface area (TPSA) is 43.1 Å². The SMILES string of the molecule is Cc1ccc(C(N)CS(=O)c2ccc(C)c(C)c2)cc1. The van der Waals surface area contributed by atoms with Crippen molar-refractivity contribution in [3.05, 3.63) is 64.7 Å². The summed E-state index contributed by atoms with van der Waals surface area (Å²) in [5.74, 6) is 0.450. The van der Waals surface area contributed by atoms with Gasteiger partial charge in [-0.3, -0.25) is 4.21 Å². The third kappa shape index (κ3) is 3.56. The first-order valence-electron chi connectivity index (χ1n) is 6.75. The lowest BCUT2D eigenvalue weighted by Gasteiger charge is -2.13. The van der Waals surface area contributed by atoms with Crippen molar-refractivity contribution in [1.29, 1.82) is 0 Å². The summed E-state index contributed by atoms with van der Waals surface area (Å²) in [6.07, 6.45) is 0. The molecule has 2 aromatic rings. The molecule has 0 spiro atoms. The molecule has 0 aliphatic heterocycles. The molecule has 20 heavy (non-hydrogen) atoms. The Morgan fingerprint density at radius 1 is 1.00 bits per heavy atom. The van der Waals surface area contributed by atoms with Gasteiger partial charge in [-0.25, -0.2) is 0 Å². The quantitative estimate of drug-likeness (QED) is 0.936. The van der Waals surface area contributed by atoms with E-state index < -0.39 is 10.8 Å². The second-order valence-electron chi connectivity index (χ2n) is 5.28. The van der Waals surface area contributed by atoms with Gasteiger partial charge in [-0.1, -0.05) is 35.9 Å². The largest absolute Gasteiger partial charge is 0.323 e. The molecule has 3 heteroatoms. The van der Waals surface area contributed by atoms with Gasteiger partial charge in [0.05, 0.1) is 10.8 Å². The Balaban J connectivity index is 2.10. The van der Waals surface area contributed by atoms with Gasteiger partial charge in [0, 0.05) is 16.7 Å². The monoisotopic (exact) mass is 287 g/mol. The first-order valence-corrected chi connectivity index (χ1v) is 8.07. The van der Waals surface area contributed by atoms with E-state index in [9.17, 15) is 4.21 Å². The van der Waals surface area contributed by atoms with Gasteiger partial charge in [-0.2, -0.15) is 0 Å². The van der Waals surface area contributed by atoms with Crippen molar-refractivity contribution < 1.29 is 4.21 Å². The zero-order chi connectivity index (χ0) is 14.7. The average molecular weight is 287 g/mol. The molecule has 2 aromatic carbocycles. The molecule has 0 amide bonds. The Bertz CT molecular complexity index is 619. The van der Waals surface area contributed by atoms with E-state index in [2.05, 4.69) is 6.92 Å². The summed E-state index contributed by atoms with van der Waals surface area (Å²) in [7, 11) is -1.06. The summed E-state index contributed by atoms with van der Waals surface area (Å²) in [6.45, 7) is 6.14. The van der Waals surface area contributed by atoms with Gasteiger partial charge >= 0.3 is 0 Å². The van der Waals surface area contributed by atoms with Gasteiger partial charge in [0.2, 0.25) is 0 Å². The number of rotatable bonds is 4. The van der Waals surface area contributed by atoms with Gasteiger partial charge in [-0.15, -0.1) is 0 Å². The van der Waals surface area contributed by atoms with Gasteiger partial charge in [0.1, 0.15) is 0 Å². The van der Waals surface area contributed by atoms with E-state index in [4.69, 9.17) is 5.73 Å². The maximum absolute atomic E-state index is 12.4. The predicted octanol–water partition coefficient (Wildman–Crippen LogP) is 3.42. The van der Waals surface area contributed by atoms with Gasteiger partial charge in [-0.05, 0) is 49.6 Å². The molecule has 0 radical (unpaired) electrons. The van der Waals surface area contributed by atoms with Crippen molar-refractivity contribution >= 4 is 10.8 Å². The Morgan fingerprint density at radius 3 is 2.25 bits per heavy atom. The third-order valence-electron chi connectivity index (χ3n) is 3.58. The van der Waals surface area contributed by atoms with E-state index in [-0.39, 0.29) is 6.04 Å². The molecule has 2 N–H and O–H groups in total. The molecule has 2 nitrogen and oxygen atoms in total. The lowest BCUT2D eigenvalue weighted by molar-refractivity contribution is 0.675. The van der Waals surface area contributed by atoms with Crippen molar-refractivity contribution in [2.24, 2.45) is 5.73 Å². The molecule has 0 saturated carbocycles.